The second-order valence-corrected chi connectivity index (χ2v) is 4.36. The van der Waals surface area contributed by atoms with E-state index in [-0.39, 0.29) is 6.61 Å². The van der Waals surface area contributed by atoms with Crippen LogP contribution in [0, 0.1) is 0 Å². The molecule has 102 valence electrons. The summed E-state index contributed by atoms with van der Waals surface area (Å²) in [6, 6.07) is 10.1. The maximum atomic E-state index is 8.82. The van der Waals surface area contributed by atoms with Crippen LogP contribution in [0.3, 0.4) is 0 Å². The summed E-state index contributed by atoms with van der Waals surface area (Å²) in [5, 5.41) is 21.0. The maximum Gasteiger partial charge on any atom is 0.117 e. The average molecular weight is 260 g/mol. The van der Waals surface area contributed by atoms with Crippen LogP contribution >= 0.6 is 0 Å². The monoisotopic (exact) mass is 260 g/mol. The smallest absolute Gasteiger partial charge is 0.117 e. The molecule has 0 unspecified atom stereocenters. The Balaban J connectivity index is 2.23. The molecule has 0 radical (unpaired) electrons. The van der Waals surface area contributed by atoms with Crippen molar-refractivity contribution in [2.45, 2.75) is 26.4 Å². The Morgan fingerprint density at radius 2 is 2.00 bits per heavy atom. The van der Waals surface area contributed by atoms with Gasteiger partial charge in [0.2, 0.25) is 0 Å². The van der Waals surface area contributed by atoms with Gasteiger partial charge in [-0.2, -0.15) is 15.0 Å². The first-order valence-electron chi connectivity index (χ1n) is 6.66. The van der Waals surface area contributed by atoms with E-state index in [2.05, 4.69) is 22.4 Å². The van der Waals surface area contributed by atoms with E-state index in [0.717, 1.165) is 29.9 Å². The summed E-state index contributed by atoms with van der Waals surface area (Å²) in [6.07, 6.45) is 1.01. The van der Waals surface area contributed by atoms with E-state index in [0.29, 0.717) is 13.1 Å². The number of aliphatic hydroxyl groups is 1. The predicted molar refractivity (Wildman–Crippen MR) is 74.5 cm³/mol. The van der Waals surface area contributed by atoms with Crippen LogP contribution in [0.15, 0.2) is 30.3 Å². The van der Waals surface area contributed by atoms with Gasteiger partial charge < -0.3 is 10.4 Å². The normalized spacial score (nSPS) is 10.8. The third-order valence-corrected chi connectivity index (χ3v) is 2.78. The lowest BCUT2D eigenvalue weighted by Crippen LogP contribution is -2.18. The summed E-state index contributed by atoms with van der Waals surface area (Å²) in [5.41, 5.74) is 2.92. The molecule has 1 heterocycles. The third kappa shape index (κ3) is 3.62. The molecule has 0 aliphatic rings. The Labute approximate surface area is 113 Å². The van der Waals surface area contributed by atoms with Crippen molar-refractivity contribution in [2.75, 3.05) is 13.2 Å². The zero-order valence-electron chi connectivity index (χ0n) is 11.2. The molecule has 0 amide bonds. The standard InChI is InChI=1S/C14H20N4O/c1-2-9-18-16-13(11-15-8-10-19)14(17-18)12-6-4-3-5-7-12/h3-7,15,19H,2,8-11H2,1H3. The van der Waals surface area contributed by atoms with Gasteiger partial charge in [-0.1, -0.05) is 37.3 Å². The van der Waals surface area contributed by atoms with E-state index in [4.69, 9.17) is 5.11 Å². The lowest BCUT2D eigenvalue weighted by molar-refractivity contribution is 0.291. The largest absolute Gasteiger partial charge is 0.395 e. The highest BCUT2D eigenvalue weighted by Crippen LogP contribution is 2.19. The average Bonchev–Trinajstić information content (AvgIpc) is 2.84. The number of rotatable bonds is 7. The number of nitrogens with zero attached hydrogens (tertiary/aromatic N) is 3. The van der Waals surface area contributed by atoms with Crippen molar-refractivity contribution in [3.8, 4) is 11.3 Å². The van der Waals surface area contributed by atoms with Crippen molar-refractivity contribution in [2.24, 2.45) is 0 Å². The lowest BCUT2D eigenvalue weighted by Gasteiger charge is -2.01. The fourth-order valence-electron chi connectivity index (χ4n) is 1.91. The summed E-state index contributed by atoms with van der Waals surface area (Å²) in [4.78, 5) is 1.75. The molecule has 19 heavy (non-hydrogen) atoms. The Hall–Kier alpha value is -1.72. The lowest BCUT2D eigenvalue weighted by atomic mass is 10.1. The van der Waals surface area contributed by atoms with Crippen LogP contribution in [0.5, 0.6) is 0 Å². The van der Waals surface area contributed by atoms with Gasteiger partial charge in [0, 0.05) is 18.7 Å². The molecule has 0 aliphatic heterocycles. The second-order valence-electron chi connectivity index (χ2n) is 4.36. The summed E-state index contributed by atoms with van der Waals surface area (Å²) >= 11 is 0. The number of hydrogen-bond acceptors (Lipinski definition) is 4. The number of hydrogen-bond donors (Lipinski definition) is 2. The molecular formula is C14H20N4O. The highest BCUT2D eigenvalue weighted by Gasteiger charge is 2.12. The Morgan fingerprint density at radius 3 is 2.68 bits per heavy atom. The van der Waals surface area contributed by atoms with E-state index in [1.165, 1.54) is 0 Å². The molecule has 2 rings (SSSR count). The van der Waals surface area contributed by atoms with Gasteiger partial charge >= 0.3 is 0 Å². The number of aromatic nitrogens is 3. The Kier molecular flexibility index (Phi) is 5.06. The first-order valence-corrected chi connectivity index (χ1v) is 6.66. The van der Waals surface area contributed by atoms with E-state index in [1.54, 1.807) is 4.80 Å². The minimum atomic E-state index is 0.129. The first kappa shape index (κ1) is 13.7. The molecule has 0 fully saturated rings. The molecule has 1 aromatic carbocycles. The van der Waals surface area contributed by atoms with Gasteiger partial charge in [-0.05, 0) is 6.42 Å². The van der Waals surface area contributed by atoms with Crippen LogP contribution in [-0.2, 0) is 13.1 Å². The SMILES string of the molecule is CCCn1nc(CNCCO)c(-c2ccccc2)n1. The van der Waals surface area contributed by atoms with E-state index >= 15 is 0 Å². The van der Waals surface area contributed by atoms with Gasteiger partial charge in [0.15, 0.2) is 0 Å². The summed E-state index contributed by atoms with van der Waals surface area (Å²) in [7, 11) is 0. The topological polar surface area (TPSA) is 63.0 Å². The predicted octanol–water partition coefficient (Wildman–Crippen LogP) is 1.44. The van der Waals surface area contributed by atoms with Crippen molar-refractivity contribution in [3.05, 3.63) is 36.0 Å². The van der Waals surface area contributed by atoms with Crippen LogP contribution in [0.25, 0.3) is 11.3 Å². The number of benzene rings is 1. The van der Waals surface area contributed by atoms with Crippen LogP contribution in [0.4, 0.5) is 0 Å². The van der Waals surface area contributed by atoms with E-state index in [9.17, 15) is 0 Å². The molecular weight excluding hydrogens is 240 g/mol. The highest BCUT2D eigenvalue weighted by molar-refractivity contribution is 5.60. The molecule has 0 saturated carbocycles. The van der Waals surface area contributed by atoms with Gasteiger partial charge in [0.05, 0.1) is 13.2 Å². The van der Waals surface area contributed by atoms with Crippen molar-refractivity contribution in [1.29, 1.82) is 0 Å². The van der Waals surface area contributed by atoms with E-state index in [1.807, 2.05) is 30.3 Å². The maximum absolute atomic E-state index is 8.82. The molecule has 2 aromatic rings. The van der Waals surface area contributed by atoms with Crippen LogP contribution in [0.1, 0.15) is 19.0 Å². The van der Waals surface area contributed by atoms with Crippen molar-refractivity contribution in [1.82, 2.24) is 20.3 Å². The zero-order chi connectivity index (χ0) is 13.5. The van der Waals surface area contributed by atoms with Gasteiger partial charge in [-0.15, -0.1) is 0 Å². The Bertz CT molecular complexity index is 495. The van der Waals surface area contributed by atoms with E-state index < -0.39 is 0 Å². The van der Waals surface area contributed by atoms with Crippen LogP contribution in [0.2, 0.25) is 0 Å². The molecule has 0 aliphatic carbocycles. The first-order chi connectivity index (χ1) is 9.35. The fraction of sp³-hybridized carbons (Fsp3) is 0.429. The minimum absolute atomic E-state index is 0.129. The van der Waals surface area contributed by atoms with Gasteiger partial charge in [0.1, 0.15) is 11.4 Å². The molecule has 0 bridgehead atoms. The highest BCUT2D eigenvalue weighted by atomic mass is 16.3. The van der Waals surface area contributed by atoms with Crippen molar-refractivity contribution < 1.29 is 5.11 Å². The number of aliphatic hydroxyl groups excluding tert-OH is 1. The van der Waals surface area contributed by atoms with Crippen LogP contribution in [-0.4, -0.2) is 33.3 Å². The summed E-state index contributed by atoms with van der Waals surface area (Å²) in [6.45, 7) is 4.24. The third-order valence-electron chi connectivity index (χ3n) is 2.78. The van der Waals surface area contributed by atoms with Gasteiger partial charge in [-0.3, -0.25) is 0 Å². The number of aryl methyl sites for hydroxylation is 1. The molecule has 0 spiro atoms. The van der Waals surface area contributed by atoms with Crippen molar-refractivity contribution in [3.63, 3.8) is 0 Å². The van der Waals surface area contributed by atoms with Gasteiger partial charge in [0.25, 0.3) is 0 Å². The van der Waals surface area contributed by atoms with Crippen molar-refractivity contribution >= 4 is 0 Å². The summed E-state index contributed by atoms with van der Waals surface area (Å²) in [5.74, 6) is 0. The molecule has 5 heteroatoms. The number of nitrogens with one attached hydrogen (secondary N) is 1. The molecule has 2 N–H and O–H groups in total. The van der Waals surface area contributed by atoms with Gasteiger partial charge in [-0.25, -0.2) is 0 Å². The second kappa shape index (κ2) is 7.01. The fourth-order valence-corrected chi connectivity index (χ4v) is 1.91. The molecule has 5 nitrogen and oxygen atoms in total. The minimum Gasteiger partial charge on any atom is -0.395 e. The Morgan fingerprint density at radius 1 is 1.21 bits per heavy atom. The summed E-state index contributed by atoms with van der Waals surface area (Å²) < 4.78 is 0. The molecule has 1 aromatic heterocycles. The molecule has 0 atom stereocenters. The quantitative estimate of drug-likeness (QED) is 0.739. The van der Waals surface area contributed by atoms with Crippen LogP contribution < -0.4 is 5.32 Å². The molecule has 0 saturated heterocycles. The zero-order valence-corrected chi connectivity index (χ0v) is 11.2.